The quantitative estimate of drug-likeness (QED) is 0.415. The van der Waals surface area contributed by atoms with Crippen LogP contribution in [-0.4, -0.2) is 58.4 Å². The van der Waals surface area contributed by atoms with Crippen molar-refractivity contribution >= 4 is 29.8 Å². The third-order valence-corrected chi connectivity index (χ3v) is 4.05. The summed E-state index contributed by atoms with van der Waals surface area (Å²) in [6, 6.07) is 1.21. The first-order chi connectivity index (χ1) is 12.9. The van der Waals surface area contributed by atoms with Crippen molar-refractivity contribution in [3.8, 4) is 0 Å². The van der Waals surface area contributed by atoms with E-state index >= 15 is 0 Å². The molecule has 0 radical (unpaired) electrons. The summed E-state index contributed by atoms with van der Waals surface area (Å²) in [4.78, 5) is 57.7. The first-order valence-electron chi connectivity index (χ1n) is 8.14. The lowest BCUT2D eigenvalue weighted by molar-refractivity contribution is -0.155. The molecule has 28 heavy (non-hydrogen) atoms. The number of rotatable bonds is 9. The van der Waals surface area contributed by atoms with E-state index in [1.807, 2.05) is 0 Å². The maximum atomic E-state index is 12.2. The molecular weight excluding hydrogens is 376 g/mol. The first-order valence-corrected chi connectivity index (χ1v) is 8.14. The minimum Gasteiger partial charge on any atom is -0.478 e. The molecule has 0 aliphatic rings. The van der Waals surface area contributed by atoms with Gasteiger partial charge in [0.05, 0.1) is 27.7 Å². The fourth-order valence-electron chi connectivity index (χ4n) is 1.99. The molecule has 0 atom stereocenters. The largest absolute Gasteiger partial charge is 0.478 e. The van der Waals surface area contributed by atoms with Crippen LogP contribution in [0.2, 0.25) is 0 Å². The van der Waals surface area contributed by atoms with Gasteiger partial charge in [-0.1, -0.05) is 6.92 Å². The van der Waals surface area contributed by atoms with E-state index in [1.165, 1.54) is 0 Å². The molecule has 1 aromatic carbocycles. The van der Waals surface area contributed by atoms with Crippen LogP contribution in [0.25, 0.3) is 0 Å². The Hall–Kier alpha value is -3.43. The number of hydrogen-bond acceptors (Lipinski definition) is 7. The maximum absolute atomic E-state index is 12.2. The molecule has 0 saturated heterocycles. The van der Waals surface area contributed by atoms with Crippen LogP contribution in [0.4, 0.5) is 0 Å². The van der Waals surface area contributed by atoms with Gasteiger partial charge in [-0.15, -0.1) is 0 Å². The van der Waals surface area contributed by atoms with Crippen molar-refractivity contribution in [1.82, 2.24) is 0 Å². The second-order valence-electron chi connectivity index (χ2n) is 6.37. The lowest BCUT2D eigenvalue weighted by Gasteiger charge is -2.20. The summed E-state index contributed by atoms with van der Waals surface area (Å²) in [7, 11) is 0. The van der Waals surface area contributed by atoms with Gasteiger partial charge < -0.3 is 24.8 Å². The molecule has 0 aliphatic carbocycles. The Labute approximate surface area is 159 Å². The van der Waals surface area contributed by atoms with Gasteiger partial charge in [0.25, 0.3) is 0 Å². The molecule has 0 bridgehead atoms. The number of carboxylic acids is 3. The Morgan fingerprint density at radius 3 is 1.61 bits per heavy atom. The zero-order valence-corrected chi connectivity index (χ0v) is 15.5. The Morgan fingerprint density at radius 1 is 0.786 bits per heavy atom. The van der Waals surface area contributed by atoms with Crippen molar-refractivity contribution in [2.75, 3.05) is 13.2 Å². The zero-order valence-electron chi connectivity index (χ0n) is 15.5. The predicted molar refractivity (Wildman–Crippen MR) is 92.6 cm³/mol. The standard InChI is InChI=1S/C18H20O10/c1-4-18(2,3)17(26)28-6-5-27-16(25)12-8-10(14(21)22)9(13(19)20)7-11(12)15(23)24/h7-8H,4-6H2,1-3H3,(H,19,20)(H,21,22)(H,23,24). The van der Waals surface area contributed by atoms with Gasteiger partial charge >= 0.3 is 29.8 Å². The van der Waals surface area contributed by atoms with Crippen molar-refractivity contribution in [3.05, 3.63) is 34.4 Å². The summed E-state index contributed by atoms with van der Waals surface area (Å²) in [5.41, 5.74) is -3.62. The topological polar surface area (TPSA) is 164 Å². The monoisotopic (exact) mass is 396 g/mol. The van der Waals surface area contributed by atoms with E-state index in [1.54, 1.807) is 20.8 Å². The first kappa shape index (κ1) is 22.6. The van der Waals surface area contributed by atoms with E-state index in [9.17, 15) is 29.1 Å². The average Bonchev–Trinajstić information content (AvgIpc) is 2.63. The third-order valence-electron chi connectivity index (χ3n) is 4.05. The molecule has 0 fully saturated rings. The van der Waals surface area contributed by atoms with Crippen LogP contribution >= 0.6 is 0 Å². The lowest BCUT2D eigenvalue weighted by atomic mass is 9.91. The van der Waals surface area contributed by atoms with Crippen molar-refractivity contribution in [2.24, 2.45) is 5.41 Å². The minimum atomic E-state index is -1.66. The van der Waals surface area contributed by atoms with Gasteiger partial charge in [-0.25, -0.2) is 19.2 Å². The molecule has 10 nitrogen and oxygen atoms in total. The summed E-state index contributed by atoms with van der Waals surface area (Å²) >= 11 is 0. The van der Waals surface area contributed by atoms with Crippen LogP contribution in [0.15, 0.2) is 12.1 Å². The maximum Gasteiger partial charge on any atom is 0.339 e. The van der Waals surface area contributed by atoms with Crippen molar-refractivity contribution < 1.29 is 48.8 Å². The summed E-state index contributed by atoms with van der Waals surface area (Å²) in [6.07, 6.45) is 0.529. The Balaban J connectivity index is 2.99. The van der Waals surface area contributed by atoms with Gasteiger partial charge in [-0.2, -0.15) is 0 Å². The molecule has 0 amide bonds. The van der Waals surface area contributed by atoms with E-state index in [0.717, 1.165) is 0 Å². The van der Waals surface area contributed by atoms with Gasteiger partial charge in [0.15, 0.2) is 0 Å². The highest BCUT2D eigenvalue weighted by Gasteiger charge is 2.28. The fourth-order valence-corrected chi connectivity index (χ4v) is 1.99. The Kier molecular flexibility index (Phi) is 7.25. The molecule has 0 saturated carbocycles. The second kappa shape index (κ2) is 8.98. The van der Waals surface area contributed by atoms with Crippen molar-refractivity contribution in [1.29, 1.82) is 0 Å². The number of carbonyl (C=O) groups is 5. The predicted octanol–water partition coefficient (Wildman–Crippen LogP) is 1.92. The van der Waals surface area contributed by atoms with E-state index < -0.39 is 64.1 Å². The van der Waals surface area contributed by atoms with Crippen molar-refractivity contribution in [3.63, 3.8) is 0 Å². The smallest absolute Gasteiger partial charge is 0.339 e. The van der Waals surface area contributed by atoms with Gasteiger partial charge in [0.2, 0.25) is 0 Å². The van der Waals surface area contributed by atoms with E-state index in [0.29, 0.717) is 18.6 Å². The summed E-state index contributed by atoms with van der Waals surface area (Å²) in [5.74, 6) is -6.65. The summed E-state index contributed by atoms with van der Waals surface area (Å²) < 4.78 is 9.80. The molecule has 3 N–H and O–H groups in total. The molecule has 0 aliphatic heterocycles. The van der Waals surface area contributed by atoms with Crippen LogP contribution < -0.4 is 0 Å². The SMILES string of the molecule is CCC(C)(C)C(=O)OCCOC(=O)c1cc(C(=O)O)c(C(=O)O)cc1C(=O)O. The highest BCUT2D eigenvalue weighted by Crippen LogP contribution is 2.22. The molecule has 0 spiro atoms. The molecule has 0 heterocycles. The van der Waals surface area contributed by atoms with E-state index in [2.05, 4.69) is 0 Å². The number of carboxylic acid groups (broad SMARTS) is 3. The summed E-state index contributed by atoms with van der Waals surface area (Å²) in [5, 5.41) is 27.3. The Bertz CT molecular complexity index is 822. The molecule has 152 valence electrons. The number of esters is 2. The highest BCUT2D eigenvalue weighted by atomic mass is 16.6. The number of hydrogen-bond donors (Lipinski definition) is 3. The fraction of sp³-hybridized carbons (Fsp3) is 0.389. The minimum absolute atomic E-state index is 0.282. The van der Waals surface area contributed by atoms with Crippen LogP contribution in [0.1, 0.15) is 68.6 Å². The van der Waals surface area contributed by atoms with Gasteiger partial charge in [-0.05, 0) is 32.4 Å². The number of benzene rings is 1. The number of aromatic carboxylic acids is 3. The number of carbonyl (C=O) groups excluding carboxylic acids is 2. The average molecular weight is 396 g/mol. The van der Waals surface area contributed by atoms with Crippen LogP contribution in [0, 0.1) is 5.41 Å². The zero-order chi connectivity index (χ0) is 21.6. The number of ether oxygens (including phenoxy) is 2. The lowest BCUT2D eigenvalue weighted by Crippen LogP contribution is -2.27. The summed E-state index contributed by atoms with van der Waals surface area (Å²) in [6.45, 7) is 4.48. The van der Waals surface area contributed by atoms with Gasteiger partial charge in [0.1, 0.15) is 13.2 Å². The van der Waals surface area contributed by atoms with Crippen LogP contribution in [-0.2, 0) is 14.3 Å². The molecule has 1 aromatic rings. The van der Waals surface area contributed by atoms with Gasteiger partial charge in [0, 0.05) is 0 Å². The van der Waals surface area contributed by atoms with Gasteiger partial charge in [-0.3, -0.25) is 4.79 Å². The van der Waals surface area contributed by atoms with E-state index in [-0.39, 0.29) is 6.61 Å². The highest BCUT2D eigenvalue weighted by molar-refractivity contribution is 6.09. The molecular formula is C18H20O10. The normalized spacial score (nSPS) is 10.8. The molecule has 0 unspecified atom stereocenters. The van der Waals surface area contributed by atoms with Crippen LogP contribution in [0.3, 0.4) is 0 Å². The molecule has 1 rings (SSSR count). The molecule has 0 aromatic heterocycles. The third kappa shape index (κ3) is 5.29. The molecule has 10 heteroatoms. The van der Waals surface area contributed by atoms with E-state index in [4.69, 9.17) is 19.7 Å². The van der Waals surface area contributed by atoms with Crippen molar-refractivity contribution in [2.45, 2.75) is 27.2 Å². The van der Waals surface area contributed by atoms with Crippen LogP contribution in [0.5, 0.6) is 0 Å². The second-order valence-corrected chi connectivity index (χ2v) is 6.37. The Morgan fingerprint density at radius 2 is 1.18 bits per heavy atom.